The van der Waals surface area contributed by atoms with E-state index < -0.39 is 5.41 Å². The molecule has 2 aromatic rings. The Kier molecular flexibility index (Phi) is 8.47. The fourth-order valence-electron chi connectivity index (χ4n) is 2.69. The van der Waals surface area contributed by atoms with E-state index in [1.54, 1.807) is 18.2 Å². The van der Waals surface area contributed by atoms with E-state index in [0.29, 0.717) is 23.8 Å². The van der Waals surface area contributed by atoms with Crippen molar-refractivity contribution in [3.8, 4) is 11.5 Å². The highest BCUT2D eigenvalue weighted by Crippen LogP contribution is 2.26. The summed E-state index contributed by atoms with van der Waals surface area (Å²) >= 11 is 5.44. The number of hydrogen-bond acceptors (Lipinski definition) is 5. The summed E-state index contributed by atoms with van der Waals surface area (Å²) in [5.41, 5.74) is 1.47. The number of phenols is 1. The van der Waals surface area contributed by atoms with Gasteiger partial charge in [0.05, 0.1) is 18.6 Å². The first-order valence-corrected chi connectivity index (χ1v) is 10.2. The molecule has 1 atom stereocenters. The number of thiocarbonyl (C=S) groups is 1. The second-order valence-electron chi connectivity index (χ2n) is 8.07. The number of carbonyl (C=O) groups excluding carboxylic acids is 1. The maximum absolute atomic E-state index is 12.2. The molecule has 0 unspecified atom stereocenters. The van der Waals surface area contributed by atoms with Gasteiger partial charge in [0, 0.05) is 6.54 Å². The van der Waals surface area contributed by atoms with Gasteiger partial charge in [-0.25, -0.2) is 0 Å². The van der Waals surface area contributed by atoms with Crippen molar-refractivity contribution >= 4 is 23.3 Å². The number of benzene rings is 2. The molecular formula is C23H30N2O4S. The van der Waals surface area contributed by atoms with Gasteiger partial charge in [-0.15, -0.1) is 0 Å². The number of esters is 1. The lowest BCUT2D eigenvalue weighted by atomic mass is 9.97. The monoisotopic (exact) mass is 430 g/mol. The third-order valence-corrected chi connectivity index (χ3v) is 4.65. The van der Waals surface area contributed by atoms with Crippen LogP contribution in [0.15, 0.2) is 48.5 Å². The zero-order valence-electron chi connectivity index (χ0n) is 17.9. The number of nitrogens with one attached hydrogen (secondary N) is 2. The predicted molar refractivity (Wildman–Crippen MR) is 122 cm³/mol. The number of methoxy groups -OCH3 is 1. The summed E-state index contributed by atoms with van der Waals surface area (Å²) < 4.78 is 10.6. The van der Waals surface area contributed by atoms with Crippen LogP contribution >= 0.6 is 12.2 Å². The summed E-state index contributed by atoms with van der Waals surface area (Å²) in [7, 11) is 1.51. The Bertz CT molecular complexity index is 850. The highest BCUT2D eigenvalue weighted by molar-refractivity contribution is 7.80. The predicted octanol–water partition coefficient (Wildman–Crippen LogP) is 3.57. The normalized spacial score (nSPS) is 12.0. The van der Waals surface area contributed by atoms with Crippen LogP contribution in [0.3, 0.4) is 0 Å². The quantitative estimate of drug-likeness (QED) is 0.436. The standard InChI is InChI=1S/C23H30N2O4S/c1-23(2,3)21(27)29-15-18(12-16-8-6-5-7-9-16)25-22(30)24-14-17-10-11-19(26)20(13-17)28-4/h5-11,13,18,26H,12,14-15H2,1-4H3,(H2,24,25,30)/t18-/m1/s1. The summed E-state index contributed by atoms with van der Waals surface area (Å²) in [5.74, 6) is 0.243. The van der Waals surface area contributed by atoms with Crippen LogP contribution in [0.4, 0.5) is 0 Å². The van der Waals surface area contributed by atoms with Crippen LogP contribution < -0.4 is 15.4 Å². The molecule has 0 saturated heterocycles. The van der Waals surface area contributed by atoms with E-state index in [0.717, 1.165) is 11.1 Å². The third kappa shape index (κ3) is 7.55. The van der Waals surface area contributed by atoms with Crippen LogP contribution in [-0.4, -0.2) is 35.9 Å². The van der Waals surface area contributed by atoms with Gasteiger partial charge in [-0.3, -0.25) is 4.79 Å². The Morgan fingerprint density at radius 1 is 1.13 bits per heavy atom. The average Bonchev–Trinajstić information content (AvgIpc) is 2.71. The van der Waals surface area contributed by atoms with E-state index in [1.165, 1.54) is 7.11 Å². The maximum Gasteiger partial charge on any atom is 0.311 e. The first-order chi connectivity index (χ1) is 14.2. The van der Waals surface area contributed by atoms with E-state index >= 15 is 0 Å². The van der Waals surface area contributed by atoms with Crippen LogP contribution in [0.2, 0.25) is 0 Å². The number of phenolic OH excluding ortho intramolecular Hbond substituents is 1. The summed E-state index contributed by atoms with van der Waals surface area (Å²) in [4.78, 5) is 12.2. The molecule has 30 heavy (non-hydrogen) atoms. The number of rotatable bonds is 8. The second kappa shape index (κ2) is 10.8. The third-order valence-electron chi connectivity index (χ3n) is 4.39. The number of carbonyl (C=O) groups is 1. The smallest absolute Gasteiger partial charge is 0.311 e. The first kappa shape index (κ1) is 23.5. The van der Waals surface area contributed by atoms with Gasteiger partial charge in [0.15, 0.2) is 16.6 Å². The van der Waals surface area contributed by atoms with Crippen molar-refractivity contribution in [2.75, 3.05) is 13.7 Å². The van der Waals surface area contributed by atoms with Crippen LogP contribution in [0.1, 0.15) is 31.9 Å². The zero-order chi connectivity index (χ0) is 22.1. The topological polar surface area (TPSA) is 79.8 Å². The van der Waals surface area contributed by atoms with Gasteiger partial charge in [0.2, 0.25) is 0 Å². The molecule has 6 nitrogen and oxygen atoms in total. The molecule has 0 aliphatic rings. The number of aromatic hydroxyl groups is 1. The summed E-state index contributed by atoms with van der Waals surface area (Å²) in [5, 5.41) is 16.6. The van der Waals surface area contributed by atoms with E-state index in [2.05, 4.69) is 10.6 Å². The lowest BCUT2D eigenvalue weighted by molar-refractivity contribution is -0.153. The Hall–Kier alpha value is -2.80. The van der Waals surface area contributed by atoms with Crippen molar-refractivity contribution < 1.29 is 19.4 Å². The SMILES string of the molecule is COc1cc(CNC(=S)N[C@@H](COC(=O)C(C)(C)C)Cc2ccccc2)ccc1O. The molecule has 0 radical (unpaired) electrons. The highest BCUT2D eigenvalue weighted by Gasteiger charge is 2.24. The van der Waals surface area contributed by atoms with Gasteiger partial charge >= 0.3 is 5.97 Å². The molecule has 0 bridgehead atoms. The molecule has 7 heteroatoms. The van der Waals surface area contributed by atoms with Crippen LogP contribution in [0.25, 0.3) is 0 Å². The molecule has 2 rings (SSSR count). The Morgan fingerprint density at radius 2 is 1.83 bits per heavy atom. The molecule has 0 aromatic heterocycles. The fraction of sp³-hybridized carbons (Fsp3) is 0.391. The highest BCUT2D eigenvalue weighted by atomic mass is 32.1. The molecule has 0 aliphatic heterocycles. The molecule has 162 valence electrons. The fourth-order valence-corrected chi connectivity index (χ4v) is 2.93. The van der Waals surface area contributed by atoms with Gasteiger partial charge in [-0.2, -0.15) is 0 Å². The number of hydrogen-bond donors (Lipinski definition) is 3. The zero-order valence-corrected chi connectivity index (χ0v) is 18.7. The summed E-state index contributed by atoms with van der Waals surface area (Å²) in [6.07, 6.45) is 0.660. The minimum absolute atomic E-state index is 0.0885. The molecule has 0 aliphatic carbocycles. The van der Waals surface area contributed by atoms with Gasteiger partial charge in [0.25, 0.3) is 0 Å². The van der Waals surface area contributed by atoms with Gasteiger partial charge in [-0.05, 0) is 62.7 Å². The van der Waals surface area contributed by atoms with Crippen LogP contribution in [-0.2, 0) is 22.5 Å². The first-order valence-electron chi connectivity index (χ1n) is 9.80. The lowest BCUT2D eigenvalue weighted by Gasteiger charge is -2.23. The summed E-state index contributed by atoms with van der Waals surface area (Å²) in [6, 6.07) is 14.9. The van der Waals surface area contributed by atoms with Crippen molar-refractivity contribution in [3.63, 3.8) is 0 Å². The van der Waals surface area contributed by atoms with Crippen molar-refractivity contribution in [1.29, 1.82) is 0 Å². The van der Waals surface area contributed by atoms with Crippen molar-refractivity contribution in [2.45, 2.75) is 39.8 Å². The molecule has 0 amide bonds. The van der Waals surface area contributed by atoms with E-state index in [4.69, 9.17) is 21.7 Å². The Balaban J connectivity index is 1.97. The molecule has 0 heterocycles. The molecule has 3 N–H and O–H groups in total. The van der Waals surface area contributed by atoms with Gasteiger partial charge in [-0.1, -0.05) is 36.4 Å². The van der Waals surface area contributed by atoms with Gasteiger partial charge in [0.1, 0.15) is 6.61 Å². The minimum Gasteiger partial charge on any atom is -0.504 e. The minimum atomic E-state index is -0.562. The second-order valence-corrected chi connectivity index (χ2v) is 8.48. The van der Waals surface area contributed by atoms with Crippen LogP contribution in [0.5, 0.6) is 11.5 Å². The van der Waals surface area contributed by atoms with Crippen molar-refractivity contribution in [2.24, 2.45) is 5.41 Å². The molecule has 0 saturated carbocycles. The largest absolute Gasteiger partial charge is 0.504 e. The van der Waals surface area contributed by atoms with Crippen molar-refractivity contribution in [3.05, 3.63) is 59.7 Å². The van der Waals surface area contributed by atoms with E-state index in [9.17, 15) is 9.90 Å². The molecule has 2 aromatic carbocycles. The van der Waals surface area contributed by atoms with Gasteiger partial charge < -0.3 is 25.2 Å². The Morgan fingerprint density at radius 3 is 2.47 bits per heavy atom. The summed E-state index contributed by atoms with van der Waals surface area (Å²) in [6.45, 7) is 6.15. The molecular weight excluding hydrogens is 400 g/mol. The Labute approximate surface area is 183 Å². The molecule has 0 spiro atoms. The lowest BCUT2D eigenvalue weighted by Crippen LogP contribution is -2.45. The van der Waals surface area contributed by atoms with E-state index in [1.807, 2.05) is 51.1 Å². The average molecular weight is 431 g/mol. The maximum atomic E-state index is 12.2. The van der Waals surface area contributed by atoms with Crippen LogP contribution in [0, 0.1) is 5.41 Å². The molecule has 0 fully saturated rings. The van der Waals surface area contributed by atoms with Crippen molar-refractivity contribution in [1.82, 2.24) is 10.6 Å². The van der Waals surface area contributed by atoms with E-state index in [-0.39, 0.29) is 24.4 Å². The number of ether oxygens (including phenoxy) is 2.